The van der Waals surface area contributed by atoms with Crippen molar-refractivity contribution in [1.82, 2.24) is 14.9 Å². The Morgan fingerprint density at radius 3 is 2.76 bits per heavy atom. The number of aryl methyl sites for hydroxylation is 1. The summed E-state index contributed by atoms with van der Waals surface area (Å²) in [6.45, 7) is 8.23. The summed E-state index contributed by atoms with van der Waals surface area (Å²) < 4.78 is 10.6. The average Bonchev–Trinajstić information content (AvgIpc) is 2.47. The van der Waals surface area contributed by atoms with Crippen molar-refractivity contribution in [2.45, 2.75) is 19.4 Å². The Hall–Kier alpha value is -1.24. The molecule has 0 spiro atoms. The Kier molecular flexibility index (Phi) is 4.67. The Labute approximate surface area is 126 Å². The highest BCUT2D eigenvalue weighted by molar-refractivity contribution is 5.41. The van der Waals surface area contributed by atoms with Gasteiger partial charge >= 0.3 is 0 Å². The Morgan fingerprint density at radius 2 is 2.10 bits per heavy atom. The number of anilines is 1. The monoisotopic (exact) mass is 292 g/mol. The second-order valence-electron chi connectivity index (χ2n) is 5.63. The minimum atomic E-state index is 0.418. The van der Waals surface area contributed by atoms with Crippen molar-refractivity contribution in [2.75, 3.05) is 58.0 Å². The highest BCUT2D eigenvalue weighted by Gasteiger charge is 2.31. The van der Waals surface area contributed by atoms with Crippen LogP contribution in [-0.2, 0) is 9.47 Å². The smallest absolute Gasteiger partial charge is 0.132 e. The fraction of sp³-hybridized carbons (Fsp3) is 0.733. The molecule has 6 nitrogen and oxygen atoms in total. The minimum absolute atomic E-state index is 0.418. The lowest BCUT2D eigenvalue weighted by molar-refractivity contribution is 0.0528. The Morgan fingerprint density at radius 1 is 1.29 bits per heavy atom. The van der Waals surface area contributed by atoms with Gasteiger partial charge < -0.3 is 14.4 Å². The fourth-order valence-electron chi connectivity index (χ4n) is 2.95. The average molecular weight is 292 g/mol. The van der Waals surface area contributed by atoms with Crippen LogP contribution in [0.2, 0.25) is 0 Å². The van der Waals surface area contributed by atoms with Crippen molar-refractivity contribution in [3.05, 3.63) is 17.6 Å². The quantitative estimate of drug-likeness (QED) is 0.807. The number of aromatic nitrogens is 2. The maximum absolute atomic E-state index is 5.42. The fourth-order valence-corrected chi connectivity index (χ4v) is 2.95. The van der Waals surface area contributed by atoms with Crippen LogP contribution in [0.3, 0.4) is 0 Å². The number of hydrogen-bond donors (Lipinski definition) is 0. The van der Waals surface area contributed by atoms with E-state index >= 15 is 0 Å². The van der Waals surface area contributed by atoms with Crippen molar-refractivity contribution < 1.29 is 9.47 Å². The Balaban J connectivity index is 1.74. The first kappa shape index (κ1) is 14.7. The van der Waals surface area contributed by atoms with Crippen molar-refractivity contribution >= 4 is 5.82 Å². The summed E-state index contributed by atoms with van der Waals surface area (Å²) in [5.41, 5.74) is 1.14. The van der Waals surface area contributed by atoms with Gasteiger partial charge in [0.05, 0.1) is 31.6 Å². The molecule has 0 saturated carbocycles. The van der Waals surface area contributed by atoms with Gasteiger partial charge in [-0.2, -0.15) is 0 Å². The molecule has 0 aliphatic carbocycles. The van der Waals surface area contributed by atoms with Crippen LogP contribution in [0.5, 0.6) is 0 Å². The molecule has 3 rings (SSSR count). The number of likely N-dealkylation sites (tertiary alicyclic amines) is 1. The third-order valence-corrected chi connectivity index (χ3v) is 4.23. The molecule has 1 atom stereocenters. The number of nitrogens with zero attached hydrogens (tertiary/aromatic N) is 4. The number of morpholine rings is 1. The minimum Gasteiger partial charge on any atom is -0.383 e. The molecule has 0 aromatic carbocycles. The lowest BCUT2D eigenvalue weighted by Gasteiger charge is -2.40. The molecule has 0 unspecified atom stereocenters. The van der Waals surface area contributed by atoms with E-state index in [1.165, 1.54) is 6.42 Å². The molecule has 21 heavy (non-hydrogen) atoms. The molecule has 0 N–H and O–H groups in total. The second-order valence-corrected chi connectivity index (χ2v) is 5.63. The maximum atomic E-state index is 5.42. The summed E-state index contributed by atoms with van der Waals surface area (Å²) in [6, 6.07) is 2.57. The third kappa shape index (κ3) is 3.33. The van der Waals surface area contributed by atoms with E-state index in [0.29, 0.717) is 6.04 Å². The molecule has 3 heterocycles. The lowest BCUT2D eigenvalue weighted by Crippen LogP contribution is -2.43. The SMILES string of the molecule is COCCN1CC[C@H]1c1cc(N2CCOCC2)nc(C)n1. The standard InChI is InChI=1S/C15H24N4O2/c1-12-16-13(14-3-4-18(14)5-8-20-2)11-15(17-12)19-6-9-21-10-7-19/h11,14H,3-10H2,1-2H3/t14-/m0/s1. The number of hydrogen-bond acceptors (Lipinski definition) is 6. The molecule has 116 valence electrons. The summed E-state index contributed by atoms with van der Waals surface area (Å²) in [5.74, 6) is 1.90. The molecule has 2 aliphatic rings. The van der Waals surface area contributed by atoms with Gasteiger partial charge in [-0.05, 0) is 13.3 Å². The van der Waals surface area contributed by atoms with E-state index in [9.17, 15) is 0 Å². The van der Waals surface area contributed by atoms with E-state index in [-0.39, 0.29) is 0 Å². The number of ether oxygens (including phenoxy) is 2. The summed E-state index contributed by atoms with van der Waals surface area (Å²) in [7, 11) is 1.75. The zero-order valence-corrected chi connectivity index (χ0v) is 12.9. The van der Waals surface area contributed by atoms with Crippen molar-refractivity contribution in [1.29, 1.82) is 0 Å². The first-order valence-corrected chi connectivity index (χ1v) is 7.69. The summed E-state index contributed by atoms with van der Waals surface area (Å²) in [5, 5.41) is 0. The van der Waals surface area contributed by atoms with Gasteiger partial charge in [0.25, 0.3) is 0 Å². The van der Waals surface area contributed by atoms with E-state index in [0.717, 1.165) is 63.3 Å². The highest BCUT2D eigenvalue weighted by Crippen LogP contribution is 2.33. The topological polar surface area (TPSA) is 50.7 Å². The highest BCUT2D eigenvalue weighted by atomic mass is 16.5. The molecule has 1 aromatic heterocycles. The zero-order valence-electron chi connectivity index (χ0n) is 12.9. The predicted molar refractivity (Wildman–Crippen MR) is 80.6 cm³/mol. The first-order valence-electron chi connectivity index (χ1n) is 7.69. The Bertz CT molecular complexity index is 477. The van der Waals surface area contributed by atoms with Crippen LogP contribution in [0.4, 0.5) is 5.82 Å². The van der Waals surface area contributed by atoms with Crippen LogP contribution in [0.25, 0.3) is 0 Å². The van der Waals surface area contributed by atoms with Gasteiger partial charge in [0.2, 0.25) is 0 Å². The molecule has 2 saturated heterocycles. The van der Waals surface area contributed by atoms with Crippen LogP contribution < -0.4 is 4.90 Å². The van der Waals surface area contributed by atoms with Gasteiger partial charge in [0, 0.05) is 39.4 Å². The lowest BCUT2D eigenvalue weighted by atomic mass is 9.99. The van der Waals surface area contributed by atoms with E-state index in [4.69, 9.17) is 9.47 Å². The predicted octanol–water partition coefficient (Wildman–Crippen LogP) is 1.01. The molecular formula is C15H24N4O2. The van der Waals surface area contributed by atoms with Gasteiger partial charge in [-0.15, -0.1) is 0 Å². The van der Waals surface area contributed by atoms with Crippen LogP contribution in [0.1, 0.15) is 24.0 Å². The molecule has 2 fully saturated rings. The van der Waals surface area contributed by atoms with E-state index in [1.807, 2.05) is 6.92 Å². The summed E-state index contributed by atoms with van der Waals surface area (Å²) in [6.07, 6.45) is 1.17. The van der Waals surface area contributed by atoms with Crippen LogP contribution >= 0.6 is 0 Å². The molecule has 0 bridgehead atoms. The van der Waals surface area contributed by atoms with Gasteiger partial charge in [0.15, 0.2) is 0 Å². The molecule has 2 aliphatic heterocycles. The summed E-state index contributed by atoms with van der Waals surface area (Å²) in [4.78, 5) is 14.0. The van der Waals surface area contributed by atoms with Crippen molar-refractivity contribution in [2.24, 2.45) is 0 Å². The second kappa shape index (κ2) is 6.68. The molecular weight excluding hydrogens is 268 g/mol. The molecule has 6 heteroatoms. The van der Waals surface area contributed by atoms with Gasteiger partial charge in [-0.1, -0.05) is 0 Å². The molecule has 1 aromatic rings. The normalized spacial score (nSPS) is 23.1. The van der Waals surface area contributed by atoms with Crippen LogP contribution in [0.15, 0.2) is 6.07 Å². The van der Waals surface area contributed by atoms with Gasteiger partial charge in [-0.25, -0.2) is 9.97 Å². The van der Waals surface area contributed by atoms with Crippen LogP contribution in [0, 0.1) is 6.92 Å². The maximum Gasteiger partial charge on any atom is 0.132 e. The molecule has 0 amide bonds. The number of methoxy groups -OCH3 is 1. The number of rotatable bonds is 5. The largest absolute Gasteiger partial charge is 0.383 e. The van der Waals surface area contributed by atoms with E-state index in [1.54, 1.807) is 7.11 Å². The zero-order chi connectivity index (χ0) is 14.7. The first-order chi connectivity index (χ1) is 10.3. The van der Waals surface area contributed by atoms with E-state index < -0.39 is 0 Å². The van der Waals surface area contributed by atoms with Crippen molar-refractivity contribution in [3.8, 4) is 0 Å². The van der Waals surface area contributed by atoms with Crippen molar-refractivity contribution in [3.63, 3.8) is 0 Å². The van der Waals surface area contributed by atoms with E-state index in [2.05, 4.69) is 25.8 Å². The third-order valence-electron chi connectivity index (χ3n) is 4.23. The van der Waals surface area contributed by atoms with Crippen LogP contribution in [-0.4, -0.2) is 68.0 Å². The van der Waals surface area contributed by atoms with Gasteiger partial charge in [0.1, 0.15) is 11.6 Å². The molecule has 0 radical (unpaired) electrons. The summed E-state index contributed by atoms with van der Waals surface area (Å²) >= 11 is 0. The van der Waals surface area contributed by atoms with Gasteiger partial charge in [-0.3, -0.25) is 4.90 Å².